The Bertz CT molecular complexity index is 2460. The third kappa shape index (κ3) is 10.9. The molecule has 0 saturated carbocycles. The molecule has 0 saturated heterocycles. The topological polar surface area (TPSA) is 279 Å². The minimum Gasteiger partial charge on any atom is -0.455 e. The van der Waals surface area contributed by atoms with Crippen molar-refractivity contribution in [3.05, 3.63) is 168 Å². The Morgan fingerprint density at radius 2 is 0.689 bits per heavy atom. The molecule has 14 nitrogen and oxygen atoms in total. The minimum absolute atomic E-state index is 0.225. The molecule has 7 aromatic rings. The highest BCUT2D eigenvalue weighted by Gasteiger charge is 2.23. The van der Waals surface area contributed by atoms with Crippen LogP contribution in [-0.2, 0) is 5.41 Å². The van der Waals surface area contributed by atoms with Crippen molar-refractivity contribution in [2.24, 2.45) is 0 Å². The van der Waals surface area contributed by atoms with Crippen LogP contribution in [0.3, 0.4) is 0 Å². The number of esters is 2. The molecular weight excluding hydrogens is 773 g/mol. The van der Waals surface area contributed by atoms with Crippen LogP contribution in [0.1, 0.15) is 45.7 Å². The smallest absolute Gasteiger partial charge is 0.343 e. The largest absolute Gasteiger partial charge is 0.455 e. The molecule has 0 aliphatic heterocycles. The van der Waals surface area contributed by atoms with E-state index in [1.807, 2.05) is 24.3 Å². The fraction of sp³-hybridized carbons (Fsp3) is 0.0638. The van der Waals surface area contributed by atoms with Gasteiger partial charge < -0.3 is 64.8 Å². The summed E-state index contributed by atoms with van der Waals surface area (Å²) >= 11 is 0. The number of rotatable bonds is 10. The maximum absolute atomic E-state index is 12.2. The maximum Gasteiger partial charge on any atom is 0.343 e. The van der Waals surface area contributed by atoms with Crippen LogP contribution in [0.5, 0.6) is 34.5 Å². The number of benzene rings is 7. The average Bonchev–Trinajstić information content (AvgIpc) is 3.21. The first-order valence-corrected chi connectivity index (χ1v) is 18.8. The van der Waals surface area contributed by atoms with E-state index in [4.69, 9.17) is 64.8 Å². The molecule has 16 N–H and O–H groups in total. The average molecular weight is 819 g/mol. The first kappa shape index (κ1) is 42.1. The van der Waals surface area contributed by atoms with Crippen LogP contribution in [0.2, 0.25) is 0 Å². The molecule has 0 atom stereocenters. The second kappa shape index (κ2) is 18.0. The summed E-state index contributed by atoms with van der Waals surface area (Å²) in [6, 6.07) is 41.3. The molecule has 0 aliphatic carbocycles. The number of hydrogen-bond acceptors (Lipinski definition) is 14. The highest BCUT2D eigenvalue weighted by molar-refractivity contribution is 5.94. The molecule has 0 aliphatic rings. The van der Waals surface area contributed by atoms with E-state index in [-0.39, 0.29) is 28.0 Å². The van der Waals surface area contributed by atoms with E-state index in [1.165, 1.54) is 60.7 Å². The number of nitrogen functional groups attached to an aromatic ring is 8. The van der Waals surface area contributed by atoms with Crippen molar-refractivity contribution in [1.82, 2.24) is 0 Å². The van der Waals surface area contributed by atoms with Gasteiger partial charge in [-0.25, -0.2) is 9.59 Å². The summed E-state index contributed by atoms with van der Waals surface area (Å²) in [5, 5.41) is 0. The number of ether oxygens (including phenoxy) is 4. The Morgan fingerprint density at radius 1 is 0.377 bits per heavy atom. The molecular formula is C47H46N8O6. The fourth-order valence-corrected chi connectivity index (χ4v) is 6.12. The van der Waals surface area contributed by atoms with Crippen LogP contribution in [0, 0.1) is 0 Å². The van der Waals surface area contributed by atoms with Gasteiger partial charge in [-0.3, -0.25) is 0 Å². The zero-order valence-electron chi connectivity index (χ0n) is 33.4. The number of hydrogen-bond donors (Lipinski definition) is 8. The van der Waals surface area contributed by atoms with E-state index in [1.54, 1.807) is 36.4 Å². The molecule has 7 aromatic carbocycles. The van der Waals surface area contributed by atoms with Crippen molar-refractivity contribution < 1.29 is 28.5 Å². The molecule has 0 bridgehead atoms. The normalized spacial score (nSPS) is 10.8. The van der Waals surface area contributed by atoms with Gasteiger partial charge in [-0.05, 0) is 132 Å². The van der Waals surface area contributed by atoms with Crippen molar-refractivity contribution in [3.8, 4) is 34.5 Å². The predicted molar refractivity (Wildman–Crippen MR) is 243 cm³/mol. The van der Waals surface area contributed by atoms with Gasteiger partial charge in [-0.1, -0.05) is 38.1 Å². The monoisotopic (exact) mass is 818 g/mol. The first-order chi connectivity index (χ1) is 29.0. The number of nitrogens with two attached hydrogens (primary N) is 8. The predicted octanol–water partition coefficient (Wildman–Crippen LogP) is 8.38. The summed E-state index contributed by atoms with van der Waals surface area (Å²) in [5.74, 6) is 1.87. The van der Waals surface area contributed by atoms with Crippen LogP contribution >= 0.6 is 0 Å². The standard InChI is InChI=1S/C27H28N4O2.C20H18N4O4/c1-27(2,17-3-9-21(10-4-17)32-25-13-7-19(28)15-23(25)30)18-5-11-22(12-6-18)33-26-14-8-20(29)16-24(26)31;21-13-5-11(6-14(22)9-13)19(25)27-17-1-2-18(4-3-17)28-20(26)12-7-15(23)10-16(24)8-12/h3-16H,28-31H2,1-2H3;1-10H,21-24H2. The van der Waals surface area contributed by atoms with Crippen molar-refractivity contribution in [2.75, 3.05) is 45.9 Å². The molecule has 0 fully saturated rings. The Kier molecular flexibility index (Phi) is 12.4. The summed E-state index contributed by atoms with van der Waals surface area (Å²) in [6.45, 7) is 4.35. The molecule has 0 amide bonds. The Hall–Kier alpha value is -8.52. The van der Waals surface area contributed by atoms with Gasteiger partial charge >= 0.3 is 11.9 Å². The third-order valence-electron chi connectivity index (χ3n) is 9.35. The SMILES string of the molecule is CC(C)(c1ccc(Oc2ccc(N)cc2N)cc1)c1ccc(Oc2ccc(N)cc2N)cc1.Nc1cc(N)cc(C(=O)Oc2ccc(OC(=O)c3cc(N)cc(N)c3)cc2)c1. The molecule has 14 heteroatoms. The summed E-state index contributed by atoms with van der Waals surface area (Å²) < 4.78 is 22.3. The zero-order valence-corrected chi connectivity index (χ0v) is 33.4. The van der Waals surface area contributed by atoms with Gasteiger partial charge in [-0.15, -0.1) is 0 Å². The highest BCUT2D eigenvalue weighted by atomic mass is 16.5. The second-order valence-corrected chi connectivity index (χ2v) is 14.5. The quantitative estimate of drug-likeness (QED) is 0.0366. The van der Waals surface area contributed by atoms with E-state index < -0.39 is 11.9 Å². The molecule has 61 heavy (non-hydrogen) atoms. The summed E-state index contributed by atoms with van der Waals surface area (Å²) in [4.78, 5) is 24.4. The molecule has 7 rings (SSSR count). The molecule has 0 spiro atoms. The lowest BCUT2D eigenvalue weighted by Gasteiger charge is -2.26. The van der Waals surface area contributed by atoms with E-state index in [0.29, 0.717) is 68.5 Å². The zero-order chi connectivity index (χ0) is 43.8. The molecule has 0 unspecified atom stereocenters. The first-order valence-electron chi connectivity index (χ1n) is 18.8. The minimum atomic E-state index is -0.612. The molecule has 0 aromatic heterocycles. The fourth-order valence-electron chi connectivity index (χ4n) is 6.12. The number of anilines is 8. The summed E-state index contributed by atoms with van der Waals surface area (Å²) in [6.07, 6.45) is 0. The third-order valence-corrected chi connectivity index (χ3v) is 9.35. The van der Waals surface area contributed by atoms with Gasteiger partial charge in [0.25, 0.3) is 0 Å². The Morgan fingerprint density at radius 3 is 1.00 bits per heavy atom. The molecule has 310 valence electrons. The van der Waals surface area contributed by atoms with Gasteiger partial charge in [0.1, 0.15) is 34.5 Å². The Labute approximate surface area is 352 Å². The number of carbonyl (C=O) groups excluding carboxylic acids is 2. The van der Waals surface area contributed by atoms with Crippen LogP contribution in [-0.4, -0.2) is 11.9 Å². The van der Waals surface area contributed by atoms with E-state index in [2.05, 4.69) is 38.1 Å². The van der Waals surface area contributed by atoms with Gasteiger partial charge in [0.2, 0.25) is 0 Å². The van der Waals surface area contributed by atoms with Gasteiger partial charge in [-0.2, -0.15) is 0 Å². The maximum atomic E-state index is 12.2. The Balaban J connectivity index is 0.000000207. The van der Waals surface area contributed by atoms with Crippen LogP contribution in [0.4, 0.5) is 45.5 Å². The molecule has 0 radical (unpaired) electrons. The van der Waals surface area contributed by atoms with Crippen LogP contribution in [0.15, 0.2) is 146 Å². The van der Waals surface area contributed by atoms with Crippen molar-refractivity contribution in [2.45, 2.75) is 19.3 Å². The van der Waals surface area contributed by atoms with Gasteiger partial charge in [0.15, 0.2) is 0 Å². The van der Waals surface area contributed by atoms with Gasteiger partial charge in [0.05, 0.1) is 22.5 Å². The lowest BCUT2D eigenvalue weighted by Crippen LogP contribution is -2.18. The van der Waals surface area contributed by atoms with Crippen molar-refractivity contribution >= 4 is 57.4 Å². The van der Waals surface area contributed by atoms with Crippen LogP contribution in [0.25, 0.3) is 0 Å². The highest BCUT2D eigenvalue weighted by Crippen LogP contribution is 2.36. The van der Waals surface area contributed by atoms with Crippen molar-refractivity contribution in [1.29, 1.82) is 0 Å². The van der Waals surface area contributed by atoms with Gasteiger partial charge in [0, 0.05) is 39.5 Å². The summed E-state index contributed by atoms with van der Waals surface area (Å²) in [5.41, 5.74) is 52.3. The molecule has 0 heterocycles. The lowest BCUT2D eigenvalue weighted by molar-refractivity contribution is 0.0719. The summed E-state index contributed by atoms with van der Waals surface area (Å²) in [7, 11) is 0. The van der Waals surface area contributed by atoms with E-state index in [9.17, 15) is 9.59 Å². The second-order valence-electron chi connectivity index (χ2n) is 14.5. The van der Waals surface area contributed by atoms with E-state index in [0.717, 1.165) is 11.1 Å². The number of carbonyl (C=O) groups is 2. The van der Waals surface area contributed by atoms with E-state index >= 15 is 0 Å². The van der Waals surface area contributed by atoms with Crippen molar-refractivity contribution in [3.63, 3.8) is 0 Å². The lowest BCUT2D eigenvalue weighted by atomic mass is 9.78. The van der Waals surface area contributed by atoms with Crippen LogP contribution < -0.4 is 64.8 Å².